The molecule has 2 fully saturated rings. The van der Waals surface area contributed by atoms with Gasteiger partial charge in [-0.1, -0.05) is 30.3 Å². The second kappa shape index (κ2) is 8.27. The number of amides is 1. The van der Waals surface area contributed by atoms with Crippen LogP contribution < -0.4 is 10.2 Å². The largest absolute Gasteiger partial charge is 0.310 e. The zero-order chi connectivity index (χ0) is 24.2. The Morgan fingerprint density at radius 1 is 1.03 bits per heavy atom. The van der Waals surface area contributed by atoms with Crippen LogP contribution in [-0.2, 0) is 4.79 Å². The van der Waals surface area contributed by atoms with Crippen LogP contribution in [-0.4, -0.2) is 33.3 Å². The number of pyridine rings is 1. The molecule has 1 saturated carbocycles. The number of halogens is 1. The lowest BCUT2D eigenvalue weighted by Gasteiger charge is -2.30. The van der Waals surface area contributed by atoms with Crippen molar-refractivity contribution in [3.05, 3.63) is 84.3 Å². The number of nitrogens with one attached hydrogen (secondary N) is 1. The summed E-state index contributed by atoms with van der Waals surface area (Å²) in [6, 6.07) is 20.0. The number of carbonyl (C=O) groups excluding carboxylic acids is 1. The third-order valence-electron chi connectivity index (χ3n) is 7.34. The first kappa shape index (κ1) is 21.9. The summed E-state index contributed by atoms with van der Waals surface area (Å²) in [7, 11) is 0. The molecule has 1 aliphatic carbocycles. The summed E-state index contributed by atoms with van der Waals surface area (Å²) in [5.74, 6) is 1.08. The van der Waals surface area contributed by atoms with Crippen molar-refractivity contribution in [1.29, 1.82) is 0 Å². The van der Waals surface area contributed by atoms with E-state index in [9.17, 15) is 9.18 Å². The Hall–Kier alpha value is -3.58. The van der Waals surface area contributed by atoms with E-state index in [1.807, 2.05) is 49.1 Å². The zero-order valence-corrected chi connectivity index (χ0v) is 19.9. The lowest BCUT2D eigenvalue weighted by Crippen LogP contribution is -2.44. The molecule has 2 aromatic carbocycles. The van der Waals surface area contributed by atoms with Crippen molar-refractivity contribution < 1.29 is 9.18 Å². The van der Waals surface area contributed by atoms with E-state index in [0.29, 0.717) is 17.3 Å². The van der Waals surface area contributed by atoms with E-state index in [-0.39, 0.29) is 23.8 Å². The molecule has 6 rings (SSSR count). The van der Waals surface area contributed by atoms with Crippen LogP contribution in [0.15, 0.2) is 72.9 Å². The van der Waals surface area contributed by atoms with Gasteiger partial charge in [-0.05, 0) is 81.1 Å². The first-order valence-electron chi connectivity index (χ1n) is 12.2. The van der Waals surface area contributed by atoms with Crippen LogP contribution in [0.4, 0.5) is 10.2 Å². The molecular formula is C28H28FN5O. The summed E-state index contributed by atoms with van der Waals surface area (Å²) in [5, 5.41) is 8.22. The number of benzene rings is 2. The van der Waals surface area contributed by atoms with Gasteiger partial charge in [-0.15, -0.1) is 0 Å². The van der Waals surface area contributed by atoms with Gasteiger partial charge in [-0.3, -0.25) is 9.69 Å². The van der Waals surface area contributed by atoms with E-state index in [4.69, 9.17) is 4.98 Å². The Morgan fingerprint density at radius 2 is 1.77 bits per heavy atom. The Labute approximate surface area is 203 Å². The SMILES string of the molecule is CC1(C)C(=O)N(c2ccc3c(cnn3-c3ccc(F)cc3)n2)[C@H](c2ccccc2)[C@H]1NCC1CC1. The Bertz CT molecular complexity index is 1380. The maximum Gasteiger partial charge on any atom is 0.236 e. The van der Waals surface area contributed by atoms with Crippen LogP contribution in [0.2, 0.25) is 0 Å². The minimum atomic E-state index is -0.593. The minimum Gasteiger partial charge on any atom is -0.310 e. The highest BCUT2D eigenvalue weighted by Gasteiger charge is 2.55. The van der Waals surface area contributed by atoms with Gasteiger partial charge in [0.25, 0.3) is 0 Å². The monoisotopic (exact) mass is 469 g/mol. The molecule has 6 nitrogen and oxygen atoms in total. The molecule has 4 aromatic rings. The number of carbonyl (C=O) groups is 1. The van der Waals surface area contributed by atoms with Crippen molar-refractivity contribution in [2.75, 3.05) is 11.4 Å². The third kappa shape index (κ3) is 3.80. The molecular weight excluding hydrogens is 441 g/mol. The third-order valence-corrected chi connectivity index (χ3v) is 7.34. The average molecular weight is 470 g/mol. The molecule has 1 aliphatic heterocycles. The van der Waals surface area contributed by atoms with Gasteiger partial charge < -0.3 is 5.32 Å². The van der Waals surface area contributed by atoms with Crippen LogP contribution in [0.25, 0.3) is 16.7 Å². The van der Waals surface area contributed by atoms with Crippen molar-refractivity contribution >= 4 is 22.8 Å². The fourth-order valence-corrected chi connectivity index (χ4v) is 5.16. The van der Waals surface area contributed by atoms with E-state index < -0.39 is 5.41 Å². The zero-order valence-electron chi connectivity index (χ0n) is 19.9. The number of anilines is 1. The van der Waals surface area contributed by atoms with Gasteiger partial charge in [0.15, 0.2) is 0 Å². The van der Waals surface area contributed by atoms with Gasteiger partial charge in [0.2, 0.25) is 5.91 Å². The summed E-state index contributed by atoms with van der Waals surface area (Å²) in [5.41, 5.74) is 2.72. The number of hydrogen-bond acceptors (Lipinski definition) is 4. The molecule has 2 aromatic heterocycles. The summed E-state index contributed by atoms with van der Waals surface area (Å²) < 4.78 is 15.1. The number of fused-ring (bicyclic) bond motifs is 1. The highest BCUT2D eigenvalue weighted by Crippen LogP contribution is 2.46. The molecule has 0 spiro atoms. The van der Waals surface area contributed by atoms with Crippen LogP contribution in [0.1, 0.15) is 38.3 Å². The van der Waals surface area contributed by atoms with Gasteiger partial charge >= 0.3 is 0 Å². The minimum absolute atomic E-state index is 0.0440. The maximum atomic E-state index is 13.9. The maximum absolute atomic E-state index is 13.9. The quantitative estimate of drug-likeness (QED) is 0.430. The molecule has 0 bridgehead atoms. The fraction of sp³-hybridized carbons (Fsp3) is 0.321. The van der Waals surface area contributed by atoms with Crippen LogP contribution in [0.3, 0.4) is 0 Å². The highest BCUT2D eigenvalue weighted by atomic mass is 19.1. The predicted molar refractivity (Wildman–Crippen MR) is 134 cm³/mol. The van der Waals surface area contributed by atoms with E-state index in [1.165, 1.54) is 25.0 Å². The second-order valence-electron chi connectivity index (χ2n) is 10.2. The smallest absolute Gasteiger partial charge is 0.236 e. The molecule has 35 heavy (non-hydrogen) atoms. The van der Waals surface area contributed by atoms with Crippen molar-refractivity contribution in [3.63, 3.8) is 0 Å². The van der Waals surface area contributed by atoms with Crippen molar-refractivity contribution in [1.82, 2.24) is 20.1 Å². The van der Waals surface area contributed by atoms with Gasteiger partial charge in [-0.2, -0.15) is 5.10 Å². The summed E-state index contributed by atoms with van der Waals surface area (Å²) in [6.45, 7) is 4.98. The molecule has 7 heteroatoms. The number of nitrogens with zero attached hydrogens (tertiary/aromatic N) is 4. The van der Waals surface area contributed by atoms with Crippen LogP contribution >= 0.6 is 0 Å². The lowest BCUT2D eigenvalue weighted by atomic mass is 9.82. The molecule has 1 amide bonds. The number of hydrogen-bond donors (Lipinski definition) is 1. The van der Waals surface area contributed by atoms with E-state index >= 15 is 0 Å². The lowest BCUT2D eigenvalue weighted by molar-refractivity contribution is -0.124. The number of rotatable bonds is 6. The summed E-state index contributed by atoms with van der Waals surface area (Å²) >= 11 is 0. The normalized spacial score (nSPS) is 21.7. The molecule has 0 radical (unpaired) electrons. The van der Waals surface area contributed by atoms with Crippen molar-refractivity contribution in [3.8, 4) is 5.69 Å². The summed E-state index contributed by atoms with van der Waals surface area (Å²) in [4.78, 5) is 20.6. The molecule has 1 N–H and O–H groups in total. The molecule has 2 aliphatic rings. The van der Waals surface area contributed by atoms with Crippen LogP contribution in [0.5, 0.6) is 0 Å². The highest BCUT2D eigenvalue weighted by molar-refractivity contribution is 6.01. The predicted octanol–water partition coefficient (Wildman–Crippen LogP) is 5.04. The van der Waals surface area contributed by atoms with Gasteiger partial charge in [-0.25, -0.2) is 14.1 Å². The Kier molecular flexibility index (Phi) is 5.18. The van der Waals surface area contributed by atoms with Gasteiger partial charge in [0.1, 0.15) is 17.2 Å². The first-order valence-corrected chi connectivity index (χ1v) is 12.2. The molecule has 178 valence electrons. The molecule has 2 atom stereocenters. The number of aromatic nitrogens is 3. The summed E-state index contributed by atoms with van der Waals surface area (Å²) in [6.07, 6.45) is 4.20. The molecule has 0 unspecified atom stereocenters. The fourth-order valence-electron chi connectivity index (χ4n) is 5.16. The van der Waals surface area contributed by atoms with Gasteiger partial charge in [0, 0.05) is 6.04 Å². The van der Waals surface area contributed by atoms with E-state index in [0.717, 1.165) is 23.3 Å². The van der Waals surface area contributed by atoms with Crippen LogP contribution in [0, 0.1) is 17.2 Å². The molecule has 3 heterocycles. The second-order valence-corrected chi connectivity index (χ2v) is 10.2. The van der Waals surface area contributed by atoms with E-state index in [1.54, 1.807) is 23.0 Å². The van der Waals surface area contributed by atoms with Gasteiger partial charge in [0.05, 0.1) is 28.9 Å². The topological polar surface area (TPSA) is 63.1 Å². The van der Waals surface area contributed by atoms with Crippen molar-refractivity contribution in [2.45, 2.75) is 38.8 Å². The molecule has 1 saturated heterocycles. The average Bonchev–Trinajstić information content (AvgIpc) is 3.56. The standard InChI is InChI=1S/C28H28FN5O/c1-28(2)26(30-16-18-8-9-18)25(19-6-4-3-5-7-19)33(27(28)35)24-15-14-23-22(32-24)17-31-34(23)21-12-10-20(29)11-13-21/h3-7,10-15,17-18,25-26,30H,8-9,16H2,1-2H3/t25-,26-/m1/s1. The van der Waals surface area contributed by atoms with Crippen molar-refractivity contribution in [2.24, 2.45) is 11.3 Å². The first-order chi connectivity index (χ1) is 16.9. The van der Waals surface area contributed by atoms with E-state index in [2.05, 4.69) is 22.5 Å². The Morgan fingerprint density at radius 3 is 2.49 bits per heavy atom. The Balaban J connectivity index is 1.42.